The van der Waals surface area contributed by atoms with Crippen molar-refractivity contribution in [3.05, 3.63) is 12.2 Å². The molecule has 0 aromatic carbocycles. The summed E-state index contributed by atoms with van der Waals surface area (Å²) in [4.78, 5) is 0. The van der Waals surface area contributed by atoms with Gasteiger partial charge in [0.2, 0.25) is 0 Å². The Bertz CT molecular complexity index is 257. The van der Waals surface area contributed by atoms with E-state index in [2.05, 4.69) is 6.58 Å². The van der Waals surface area contributed by atoms with Gasteiger partial charge in [-0.25, -0.2) is 0 Å². The van der Waals surface area contributed by atoms with Crippen LogP contribution in [0.5, 0.6) is 0 Å². The van der Waals surface area contributed by atoms with Crippen molar-refractivity contribution < 1.29 is 35.0 Å². The minimum absolute atomic E-state index is 0.278. The molecule has 1 heterocycles. The van der Waals surface area contributed by atoms with Crippen molar-refractivity contribution in [1.82, 2.24) is 0 Å². The van der Waals surface area contributed by atoms with Crippen LogP contribution >= 0.6 is 0 Å². The molecule has 0 aromatic rings. The lowest BCUT2D eigenvalue weighted by Gasteiger charge is -2.31. The van der Waals surface area contributed by atoms with Gasteiger partial charge in [0.05, 0.1) is 19.8 Å². The molecule has 1 unspecified atom stereocenters. The average Bonchev–Trinajstić information content (AvgIpc) is 2.33. The molecular weight excluding hydrogens is 232 g/mol. The first kappa shape index (κ1) is 14.5. The zero-order valence-electron chi connectivity index (χ0n) is 9.27. The Kier molecular flexibility index (Phi) is 5.47. The van der Waals surface area contributed by atoms with Crippen LogP contribution in [0.4, 0.5) is 0 Å². The second-order valence-corrected chi connectivity index (χ2v) is 3.93. The Labute approximate surface area is 98.5 Å². The van der Waals surface area contributed by atoms with Crippen LogP contribution in [0.25, 0.3) is 0 Å². The molecule has 0 aliphatic carbocycles. The summed E-state index contributed by atoms with van der Waals surface area (Å²) >= 11 is 0. The first-order valence-corrected chi connectivity index (χ1v) is 5.21. The van der Waals surface area contributed by atoms with E-state index in [0.29, 0.717) is 6.61 Å². The third-order valence-corrected chi connectivity index (χ3v) is 2.50. The van der Waals surface area contributed by atoms with Gasteiger partial charge in [-0.05, 0) is 0 Å². The van der Waals surface area contributed by atoms with E-state index in [1.807, 2.05) is 0 Å². The Morgan fingerprint density at radius 2 is 1.82 bits per heavy atom. The van der Waals surface area contributed by atoms with Gasteiger partial charge in [0.15, 0.2) is 6.29 Å². The normalized spacial score (nSPS) is 27.1. The fourth-order valence-electron chi connectivity index (χ4n) is 1.28. The molecule has 0 amide bonds. The first-order chi connectivity index (χ1) is 7.97. The van der Waals surface area contributed by atoms with E-state index in [9.17, 15) is 15.3 Å². The highest BCUT2D eigenvalue weighted by atomic mass is 16.7. The van der Waals surface area contributed by atoms with Crippen LogP contribution in [0.15, 0.2) is 12.2 Å². The average molecular weight is 250 g/mol. The monoisotopic (exact) mass is 250 g/mol. The van der Waals surface area contributed by atoms with Gasteiger partial charge >= 0.3 is 0 Å². The summed E-state index contributed by atoms with van der Waals surface area (Å²) in [5.41, 5.74) is 0.725. The topological polar surface area (TPSA) is 120 Å². The van der Waals surface area contributed by atoms with Crippen molar-refractivity contribution in [1.29, 1.82) is 0 Å². The first-order valence-electron chi connectivity index (χ1n) is 5.21. The van der Waals surface area contributed by atoms with Crippen LogP contribution in [-0.2, 0) is 9.47 Å². The minimum Gasteiger partial charge on any atom is -0.394 e. The molecule has 1 aliphatic heterocycles. The van der Waals surface area contributed by atoms with Gasteiger partial charge in [0.1, 0.15) is 24.4 Å². The number of ether oxygens (including phenoxy) is 2. The molecular formula is C10H18O7. The lowest BCUT2D eigenvalue weighted by molar-refractivity contribution is -0.195. The van der Waals surface area contributed by atoms with E-state index >= 15 is 0 Å². The van der Waals surface area contributed by atoms with E-state index in [1.54, 1.807) is 0 Å². The highest BCUT2D eigenvalue weighted by Crippen LogP contribution is 2.18. The van der Waals surface area contributed by atoms with Crippen LogP contribution in [0.2, 0.25) is 0 Å². The summed E-state index contributed by atoms with van der Waals surface area (Å²) in [6, 6.07) is 0. The lowest BCUT2D eigenvalue weighted by atomic mass is 10.0. The van der Waals surface area contributed by atoms with Crippen molar-refractivity contribution in [2.75, 3.05) is 19.8 Å². The number of hydrogen-bond acceptors (Lipinski definition) is 7. The van der Waals surface area contributed by atoms with E-state index in [-0.39, 0.29) is 6.61 Å². The molecule has 1 fully saturated rings. The zero-order chi connectivity index (χ0) is 13.0. The summed E-state index contributed by atoms with van der Waals surface area (Å²) < 4.78 is 9.99. The van der Waals surface area contributed by atoms with Gasteiger partial charge in [-0.2, -0.15) is 0 Å². The fraction of sp³-hybridized carbons (Fsp3) is 0.800. The molecule has 7 nitrogen and oxygen atoms in total. The Balaban J connectivity index is 2.30. The van der Waals surface area contributed by atoms with Crippen LogP contribution in [0.1, 0.15) is 0 Å². The van der Waals surface area contributed by atoms with Gasteiger partial charge in [0.25, 0.3) is 0 Å². The van der Waals surface area contributed by atoms with E-state index in [4.69, 9.17) is 19.7 Å². The predicted octanol–water partition coefficient (Wildman–Crippen LogP) is -2.65. The molecule has 0 radical (unpaired) electrons. The molecule has 1 rings (SSSR count). The van der Waals surface area contributed by atoms with Crippen molar-refractivity contribution >= 4 is 0 Å². The Hall–Kier alpha value is -0.540. The van der Waals surface area contributed by atoms with Gasteiger partial charge in [-0.1, -0.05) is 6.58 Å². The Morgan fingerprint density at radius 1 is 1.24 bits per heavy atom. The molecule has 1 aliphatic rings. The number of rotatable bonds is 7. The van der Waals surface area contributed by atoms with Gasteiger partial charge in [-0.15, -0.1) is 0 Å². The molecule has 0 spiro atoms. The molecule has 1 saturated heterocycles. The standard InChI is InChI=1S/C10H18O7/c1-5-3-16-10(5)17-4-7(13)9(15)8(14)6(12)2-11/h6-15H,1-4H2/t6-,7+,8-,9-,10?/m1/s1. The minimum atomic E-state index is -1.65. The molecule has 100 valence electrons. The molecule has 17 heavy (non-hydrogen) atoms. The van der Waals surface area contributed by atoms with Crippen molar-refractivity contribution in [2.24, 2.45) is 0 Å². The van der Waals surface area contributed by atoms with Crippen LogP contribution in [0, 0.1) is 0 Å². The van der Waals surface area contributed by atoms with Crippen molar-refractivity contribution in [3.8, 4) is 0 Å². The number of aliphatic hydroxyl groups excluding tert-OH is 5. The molecule has 0 bridgehead atoms. The Morgan fingerprint density at radius 3 is 2.24 bits per heavy atom. The highest BCUT2D eigenvalue weighted by molar-refractivity contribution is 5.06. The maximum absolute atomic E-state index is 9.47. The van der Waals surface area contributed by atoms with Gasteiger partial charge < -0.3 is 35.0 Å². The van der Waals surface area contributed by atoms with Gasteiger partial charge in [0, 0.05) is 5.57 Å². The van der Waals surface area contributed by atoms with E-state index in [1.165, 1.54) is 0 Å². The number of aliphatic hydroxyl groups is 5. The van der Waals surface area contributed by atoms with Crippen LogP contribution in [-0.4, -0.2) is 76.1 Å². The zero-order valence-corrected chi connectivity index (χ0v) is 9.27. The molecule has 5 N–H and O–H groups in total. The van der Waals surface area contributed by atoms with Crippen molar-refractivity contribution in [3.63, 3.8) is 0 Å². The second kappa shape index (κ2) is 6.41. The quantitative estimate of drug-likeness (QED) is 0.313. The van der Waals surface area contributed by atoms with Crippen LogP contribution in [0.3, 0.4) is 0 Å². The summed E-state index contributed by atoms with van der Waals surface area (Å²) in [7, 11) is 0. The van der Waals surface area contributed by atoms with E-state index in [0.717, 1.165) is 5.57 Å². The third kappa shape index (κ3) is 3.71. The molecule has 7 heteroatoms. The SMILES string of the molecule is C=C1COC1OC[C@H](O)[C@@H](O)[C@H](O)[C@H](O)CO. The summed E-state index contributed by atoms with van der Waals surface area (Å²) in [6.45, 7) is 3.03. The summed E-state index contributed by atoms with van der Waals surface area (Å²) in [5.74, 6) is 0. The van der Waals surface area contributed by atoms with Crippen LogP contribution < -0.4 is 0 Å². The third-order valence-electron chi connectivity index (χ3n) is 2.50. The second-order valence-electron chi connectivity index (χ2n) is 3.93. The lowest BCUT2D eigenvalue weighted by Crippen LogP contribution is -2.48. The fourth-order valence-corrected chi connectivity index (χ4v) is 1.28. The molecule has 0 saturated carbocycles. The van der Waals surface area contributed by atoms with Gasteiger partial charge in [-0.3, -0.25) is 0 Å². The highest BCUT2D eigenvalue weighted by Gasteiger charge is 2.32. The maximum atomic E-state index is 9.47. The largest absolute Gasteiger partial charge is 0.394 e. The summed E-state index contributed by atoms with van der Waals surface area (Å²) in [6.07, 6.45) is -6.79. The smallest absolute Gasteiger partial charge is 0.182 e. The number of hydrogen-bond donors (Lipinski definition) is 5. The summed E-state index contributed by atoms with van der Waals surface area (Å²) in [5, 5.41) is 45.9. The maximum Gasteiger partial charge on any atom is 0.182 e. The molecule has 0 aromatic heterocycles. The van der Waals surface area contributed by atoms with E-state index < -0.39 is 37.3 Å². The van der Waals surface area contributed by atoms with Crippen molar-refractivity contribution in [2.45, 2.75) is 30.7 Å². The predicted molar refractivity (Wildman–Crippen MR) is 55.9 cm³/mol. The molecule has 5 atom stereocenters.